The van der Waals surface area contributed by atoms with Crippen molar-refractivity contribution in [2.75, 3.05) is 6.61 Å². The van der Waals surface area contributed by atoms with E-state index in [1.165, 1.54) is 6.07 Å². The molecule has 0 spiro atoms. The van der Waals surface area contributed by atoms with Crippen LogP contribution in [0.3, 0.4) is 0 Å². The Bertz CT molecular complexity index is 514. The number of aliphatic carboxylic acids is 1. The Hall–Kier alpha value is -0.610. The molecule has 0 unspecified atom stereocenters. The lowest BCUT2D eigenvalue weighted by molar-refractivity contribution is -0.132. The summed E-state index contributed by atoms with van der Waals surface area (Å²) in [7, 11) is 0. The number of halogens is 4. The lowest BCUT2D eigenvalue weighted by atomic mass is 10.2. The fourth-order valence-electron chi connectivity index (χ4n) is 1.23. The molecule has 104 valence electrons. The van der Waals surface area contributed by atoms with Crippen LogP contribution < -0.4 is 4.74 Å². The first-order valence-corrected chi connectivity index (χ1v) is 6.72. The summed E-state index contributed by atoms with van der Waals surface area (Å²) < 4.78 is 5.39. The first-order valence-electron chi connectivity index (χ1n) is 5.21. The van der Waals surface area contributed by atoms with Crippen molar-refractivity contribution in [2.24, 2.45) is 0 Å². The number of carbonyl (C=O) groups is 1. The molecule has 0 heterocycles. The Kier molecular flexibility index (Phi) is 6.27. The Labute approximate surface area is 130 Å². The normalized spacial score (nSPS) is 10.3. The van der Waals surface area contributed by atoms with Gasteiger partial charge < -0.3 is 9.84 Å². The Morgan fingerprint density at radius 3 is 2.42 bits per heavy atom. The van der Waals surface area contributed by atoms with Crippen LogP contribution in [0.15, 0.2) is 18.2 Å². The van der Waals surface area contributed by atoms with E-state index in [1.807, 2.05) is 0 Å². The highest BCUT2D eigenvalue weighted by atomic mass is 35.5. The van der Waals surface area contributed by atoms with E-state index in [1.54, 1.807) is 0 Å². The molecule has 0 radical (unpaired) electrons. The van der Waals surface area contributed by atoms with E-state index in [2.05, 4.69) is 6.58 Å². The maximum atomic E-state index is 10.5. The van der Waals surface area contributed by atoms with Gasteiger partial charge in [-0.25, -0.2) is 4.79 Å². The fraction of sp³-hybridized carbons (Fsp3) is 0.250. The summed E-state index contributed by atoms with van der Waals surface area (Å²) in [6.45, 7) is 3.68. The van der Waals surface area contributed by atoms with Gasteiger partial charge in [0.15, 0.2) is 0 Å². The van der Waals surface area contributed by atoms with E-state index < -0.39 is 5.97 Å². The molecule has 0 bridgehead atoms. The van der Waals surface area contributed by atoms with Gasteiger partial charge in [0.2, 0.25) is 0 Å². The van der Waals surface area contributed by atoms with Gasteiger partial charge in [0, 0.05) is 11.6 Å². The maximum Gasteiger partial charge on any atom is 0.330 e. The first kappa shape index (κ1) is 16.4. The van der Waals surface area contributed by atoms with E-state index in [9.17, 15) is 4.79 Å². The summed E-state index contributed by atoms with van der Waals surface area (Å²) >= 11 is 23.5. The smallest absolute Gasteiger partial charge is 0.330 e. The third-order valence-electron chi connectivity index (χ3n) is 2.25. The highest BCUT2D eigenvalue weighted by molar-refractivity contribution is 6.52. The van der Waals surface area contributed by atoms with Gasteiger partial charge in [0.25, 0.3) is 0 Å². The molecular weight excluding hydrogens is 334 g/mol. The molecule has 0 atom stereocenters. The molecule has 0 fully saturated rings. The van der Waals surface area contributed by atoms with Crippen LogP contribution in [0.2, 0.25) is 20.1 Å². The van der Waals surface area contributed by atoms with Crippen molar-refractivity contribution in [3.05, 3.63) is 38.3 Å². The highest BCUT2D eigenvalue weighted by Gasteiger charge is 2.14. The molecule has 0 saturated heterocycles. The van der Waals surface area contributed by atoms with Crippen LogP contribution in [0.1, 0.15) is 12.8 Å². The van der Waals surface area contributed by atoms with Crippen LogP contribution >= 0.6 is 46.4 Å². The largest absolute Gasteiger partial charge is 0.492 e. The quantitative estimate of drug-likeness (QED) is 0.338. The molecule has 0 aliphatic rings. The number of rotatable bonds is 6. The van der Waals surface area contributed by atoms with Crippen LogP contribution in [-0.4, -0.2) is 17.7 Å². The number of carboxylic acids is 1. The van der Waals surface area contributed by atoms with Crippen molar-refractivity contribution in [1.29, 1.82) is 0 Å². The zero-order chi connectivity index (χ0) is 14.6. The number of hydrogen-bond acceptors (Lipinski definition) is 2. The van der Waals surface area contributed by atoms with Crippen molar-refractivity contribution in [1.82, 2.24) is 0 Å². The number of carboxylic acid groups (broad SMARTS) is 1. The summed E-state index contributed by atoms with van der Waals surface area (Å²) in [5, 5.41) is 9.34. The van der Waals surface area contributed by atoms with Gasteiger partial charge in [0.1, 0.15) is 10.8 Å². The van der Waals surface area contributed by atoms with Gasteiger partial charge >= 0.3 is 5.97 Å². The van der Waals surface area contributed by atoms with Gasteiger partial charge in [-0.05, 0) is 12.8 Å². The average molecular weight is 344 g/mol. The zero-order valence-corrected chi connectivity index (χ0v) is 12.7. The van der Waals surface area contributed by atoms with Gasteiger partial charge in [-0.1, -0.05) is 53.0 Å². The van der Waals surface area contributed by atoms with Crippen LogP contribution in [-0.2, 0) is 4.79 Å². The van der Waals surface area contributed by atoms with Crippen molar-refractivity contribution >= 4 is 52.4 Å². The van der Waals surface area contributed by atoms with Crippen molar-refractivity contribution in [3.63, 3.8) is 0 Å². The summed E-state index contributed by atoms with van der Waals surface area (Å²) in [5.41, 5.74) is 0.127. The van der Waals surface area contributed by atoms with Crippen LogP contribution in [0, 0.1) is 0 Å². The fourth-order valence-corrected chi connectivity index (χ4v) is 2.07. The highest BCUT2D eigenvalue weighted by Crippen LogP contribution is 2.41. The lowest BCUT2D eigenvalue weighted by Gasteiger charge is -2.11. The molecule has 19 heavy (non-hydrogen) atoms. The number of hydrogen-bond donors (Lipinski definition) is 1. The molecule has 0 aliphatic carbocycles. The molecular formula is C12H10Cl4O3. The number of benzene rings is 1. The van der Waals surface area contributed by atoms with Gasteiger partial charge in [-0.15, -0.1) is 0 Å². The van der Waals surface area contributed by atoms with Gasteiger partial charge in [-0.2, -0.15) is 0 Å². The second kappa shape index (κ2) is 7.25. The molecule has 0 aromatic heterocycles. The average Bonchev–Trinajstić information content (AvgIpc) is 2.37. The monoisotopic (exact) mass is 342 g/mol. The van der Waals surface area contributed by atoms with Gasteiger partial charge in [-0.3, -0.25) is 0 Å². The Morgan fingerprint density at radius 2 is 1.84 bits per heavy atom. The van der Waals surface area contributed by atoms with E-state index >= 15 is 0 Å². The van der Waals surface area contributed by atoms with E-state index in [-0.39, 0.29) is 32.3 Å². The molecule has 0 amide bonds. The summed E-state index contributed by atoms with van der Waals surface area (Å²) in [6, 6.07) is 1.46. The van der Waals surface area contributed by atoms with Crippen molar-refractivity contribution in [2.45, 2.75) is 12.8 Å². The lowest BCUT2D eigenvalue weighted by Crippen LogP contribution is -2.03. The van der Waals surface area contributed by atoms with Crippen molar-refractivity contribution in [3.8, 4) is 5.75 Å². The predicted octanol–water partition coefficient (Wildman–Crippen LogP) is 5.10. The molecule has 1 N–H and O–H groups in total. The predicted molar refractivity (Wildman–Crippen MR) is 78.0 cm³/mol. The summed E-state index contributed by atoms with van der Waals surface area (Å²) in [5.74, 6) is -0.711. The SMILES string of the molecule is C=C(CCCOc1cc(Cl)c(Cl)c(Cl)c1Cl)C(=O)O. The topological polar surface area (TPSA) is 46.5 Å². The maximum absolute atomic E-state index is 10.5. The van der Waals surface area contributed by atoms with Crippen molar-refractivity contribution < 1.29 is 14.6 Å². The number of ether oxygens (including phenoxy) is 1. The standard InChI is InChI=1S/C12H10Cl4O3/c1-6(12(17)18)3-2-4-19-8-5-7(13)9(14)11(16)10(8)15/h5H,1-4H2,(H,17,18). The minimum atomic E-state index is -1.02. The molecule has 7 heteroatoms. The second-order valence-corrected chi connectivity index (χ2v) is 5.20. The van der Waals surface area contributed by atoms with Gasteiger partial charge in [0.05, 0.1) is 21.7 Å². The van der Waals surface area contributed by atoms with E-state index in [0.717, 1.165) is 0 Å². The molecule has 1 rings (SSSR count). The third-order valence-corrected chi connectivity index (χ3v) is 3.99. The van der Waals surface area contributed by atoms with Crippen LogP contribution in [0.4, 0.5) is 0 Å². The van der Waals surface area contributed by atoms with E-state index in [0.29, 0.717) is 18.6 Å². The third kappa shape index (κ3) is 4.46. The molecule has 3 nitrogen and oxygen atoms in total. The minimum Gasteiger partial charge on any atom is -0.492 e. The molecule has 0 aliphatic heterocycles. The molecule has 0 saturated carbocycles. The van der Waals surface area contributed by atoms with Crippen LogP contribution in [0.25, 0.3) is 0 Å². The Morgan fingerprint density at radius 1 is 1.21 bits per heavy atom. The minimum absolute atomic E-state index is 0.126. The second-order valence-electron chi connectivity index (χ2n) is 3.66. The van der Waals surface area contributed by atoms with Crippen LogP contribution in [0.5, 0.6) is 5.75 Å². The summed E-state index contributed by atoms with van der Waals surface area (Å²) in [4.78, 5) is 10.5. The van der Waals surface area contributed by atoms with E-state index in [4.69, 9.17) is 56.2 Å². The zero-order valence-electron chi connectivity index (χ0n) is 9.68. The molecule has 1 aromatic rings. The Balaban J connectivity index is 2.60. The molecule has 1 aromatic carbocycles. The first-order chi connectivity index (χ1) is 8.84. The summed E-state index contributed by atoms with van der Waals surface area (Å²) in [6.07, 6.45) is 0.807.